The second-order valence-corrected chi connectivity index (χ2v) is 3.52. The molecule has 0 saturated carbocycles. The van der Waals surface area contributed by atoms with Gasteiger partial charge in [-0.15, -0.1) is 0 Å². The highest BCUT2D eigenvalue weighted by Crippen LogP contribution is 2.17. The standard InChI is InChI=1S/C9H19NO2.C2H6/c1-2-10-5-3-8(7-11)9(12)4-6-10;1-2/h8-9,11-12H,2-7H2,1H3;1-2H3. The van der Waals surface area contributed by atoms with Crippen LogP contribution in [0.4, 0.5) is 0 Å². The summed E-state index contributed by atoms with van der Waals surface area (Å²) >= 11 is 0. The highest BCUT2D eigenvalue weighted by Gasteiger charge is 2.22. The second-order valence-electron chi connectivity index (χ2n) is 3.52. The molecule has 1 aliphatic heterocycles. The molecule has 0 aromatic carbocycles. The first-order valence-corrected chi connectivity index (χ1v) is 5.79. The number of rotatable bonds is 2. The Morgan fingerprint density at radius 3 is 2.29 bits per heavy atom. The van der Waals surface area contributed by atoms with E-state index in [4.69, 9.17) is 5.11 Å². The quantitative estimate of drug-likeness (QED) is 0.706. The molecule has 0 spiro atoms. The van der Waals surface area contributed by atoms with E-state index in [9.17, 15) is 5.11 Å². The topological polar surface area (TPSA) is 43.7 Å². The second kappa shape index (κ2) is 8.21. The third-order valence-electron chi connectivity index (χ3n) is 2.78. The average Bonchev–Trinajstić information content (AvgIpc) is 2.43. The number of hydrogen-bond acceptors (Lipinski definition) is 3. The van der Waals surface area contributed by atoms with Crippen molar-refractivity contribution in [2.45, 2.75) is 39.7 Å². The zero-order valence-electron chi connectivity index (χ0n) is 9.74. The summed E-state index contributed by atoms with van der Waals surface area (Å²) in [5.74, 6) is 0.0987. The van der Waals surface area contributed by atoms with Gasteiger partial charge in [-0.2, -0.15) is 0 Å². The Morgan fingerprint density at radius 2 is 1.79 bits per heavy atom. The molecule has 0 radical (unpaired) electrons. The van der Waals surface area contributed by atoms with Gasteiger partial charge in [0.1, 0.15) is 0 Å². The first-order valence-electron chi connectivity index (χ1n) is 5.79. The molecule has 3 nitrogen and oxygen atoms in total. The highest BCUT2D eigenvalue weighted by atomic mass is 16.3. The molecule has 0 amide bonds. The fourth-order valence-corrected chi connectivity index (χ4v) is 1.73. The first kappa shape index (κ1) is 13.9. The van der Waals surface area contributed by atoms with E-state index in [0.717, 1.165) is 32.5 Å². The van der Waals surface area contributed by atoms with Gasteiger partial charge >= 0.3 is 0 Å². The molecule has 0 bridgehead atoms. The molecule has 0 aromatic rings. The molecule has 14 heavy (non-hydrogen) atoms. The van der Waals surface area contributed by atoms with Gasteiger partial charge in [0.05, 0.1) is 6.10 Å². The predicted molar refractivity (Wildman–Crippen MR) is 59.3 cm³/mol. The number of aliphatic hydroxyl groups is 2. The van der Waals surface area contributed by atoms with Crippen LogP contribution in [0, 0.1) is 5.92 Å². The van der Waals surface area contributed by atoms with Gasteiger partial charge in [0.25, 0.3) is 0 Å². The summed E-state index contributed by atoms with van der Waals surface area (Å²) in [6.45, 7) is 9.28. The van der Waals surface area contributed by atoms with E-state index in [1.54, 1.807) is 0 Å². The lowest BCUT2D eigenvalue weighted by atomic mass is 9.99. The van der Waals surface area contributed by atoms with Crippen LogP contribution in [0.1, 0.15) is 33.6 Å². The number of likely N-dealkylation sites (tertiary alicyclic amines) is 1. The first-order chi connectivity index (χ1) is 6.77. The molecule has 1 heterocycles. The van der Waals surface area contributed by atoms with Gasteiger partial charge in [0.15, 0.2) is 0 Å². The number of aliphatic hydroxyl groups excluding tert-OH is 2. The van der Waals surface area contributed by atoms with Gasteiger partial charge in [-0.1, -0.05) is 20.8 Å². The third kappa shape index (κ3) is 4.40. The number of hydrogen-bond donors (Lipinski definition) is 2. The molecular formula is C11H25NO2. The van der Waals surface area contributed by atoms with Crippen LogP contribution < -0.4 is 0 Å². The Bertz CT molecular complexity index is 130. The predicted octanol–water partition coefficient (Wildman–Crippen LogP) is 1.10. The Hall–Kier alpha value is -0.120. The van der Waals surface area contributed by atoms with E-state index in [-0.39, 0.29) is 18.6 Å². The summed E-state index contributed by atoms with van der Waals surface area (Å²) in [7, 11) is 0. The Kier molecular flexibility index (Phi) is 8.14. The van der Waals surface area contributed by atoms with Crippen molar-refractivity contribution in [1.29, 1.82) is 0 Å². The highest BCUT2D eigenvalue weighted by molar-refractivity contribution is 4.75. The van der Waals surface area contributed by atoms with Crippen LogP contribution in [0.25, 0.3) is 0 Å². The SMILES string of the molecule is CC.CCN1CCC(O)C(CO)CC1. The molecule has 0 aliphatic carbocycles. The lowest BCUT2D eigenvalue weighted by molar-refractivity contribution is 0.0654. The Balaban J connectivity index is 0.000000791. The molecule has 1 aliphatic rings. The van der Waals surface area contributed by atoms with Crippen molar-refractivity contribution in [2.75, 3.05) is 26.2 Å². The Morgan fingerprint density at radius 1 is 1.21 bits per heavy atom. The van der Waals surface area contributed by atoms with Gasteiger partial charge in [0, 0.05) is 19.1 Å². The van der Waals surface area contributed by atoms with Gasteiger partial charge < -0.3 is 15.1 Å². The van der Waals surface area contributed by atoms with E-state index in [0.29, 0.717) is 0 Å². The normalized spacial score (nSPS) is 28.9. The van der Waals surface area contributed by atoms with Gasteiger partial charge in [-0.05, 0) is 25.9 Å². The lowest BCUT2D eigenvalue weighted by Crippen LogP contribution is -2.24. The summed E-state index contributed by atoms with van der Waals surface area (Å²) in [6, 6.07) is 0. The average molecular weight is 203 g/mol. The molecule has 1 rings (SSSR count). The minimum atomic E-state index is -0.299. The lowest BCUT2D eigenvalue weighted by Gasteiger charge is -2.16. The zero-order chi connectivity index (χ0) is 11.0. The molecule has 0 aromatic heterocycles. The number of nitrogens with zero attached hydrogens (tertiary/aromatic N) is 1. The Labute approximate surface area is 87.7 Å². The largest absolute Gasteiger partial charge is 0.396 e. The molecule has 2 atom stereocenters. The van der Waals surface area contributed by atoms with Crippen LogP contribution in [-0.2, 0) is 0 Å². The van der Waals surface area contributed by atoms with Crippen LogP contribution in [0.2, 0.25) is 0 Å². The van der Waals surface area contributed by atoms with E-state index < -0.39 is 0 Å². The maximum atomic E-state index is 9.58. The molecule has 2 unspecified atom stereocenters. The van der Waals surface area contributed by atoms with E-state index in [2.05, 4.69) is 11.8 Å². The smallest absolute Gasteiger partial charge is 0.0602 e. The van der Waals surface area contributed by atoms with Crippen molar-refractivity contribution in [3.8, 4) is 0 Å². The summed E-state index contributed by atoms with van der Waals surface area (Å²) in [5.41, 5.74) is 0. The minimum Gasteiger partial charge on any atom is -0.396 e. The van der Waals surface area contributed by atoms with Crippen molar-refractivity contribution < 1.29 is 10.2 Å². The van der Waals surface area contributed by atoms with Crippen LogP contribution in [0.5, 0.6) is 0 Å². The van der Waals surface area contributed by atoms with Crippen LogP contribution >= 0.6 is 0 Å². The monoisotopic (exact) mass is 203 g/mol. The zero-order valence-corrected chi connectivity index (χ0v) is 9.74. The van der Waals surface area contributed by atoms with Crippen molar-refractivity contribution >= 4 is 0 Å². The van der Waals surface area contributed by atoms with E-state index >= 15 is 0 Å². The molecule has 1 saturated heterocycles. The van der Waals surface area contributed by atoms with Crippen LogP contribution in [0.15, 0.2) is 0 Å². The van der Waals surface area contributed by atoms with E-state index in [1.165, 1.54) is 0 Å². The van der Waals surface area contributed by atoms with Crippen molar-refractivity contribution in [2.24, 2.45) is 5.92 Å². The minimum absolute atomic E-state index is 0.0987. The molecular weight excluding hydrogens is 178 g/mol. The van der Waals surface area contributed by atoms with Crippen LogP contribution in [-0.4, -0.2) is 47.5 Å². The summed E-state index contributed by atoms with van der Waals surface area (Å²) in [6.07, 6.45) is 1.43. The maximum Gasteiger partial charge on any atom is 0.0602 e. The summed E-state index contributed by atoms with van der Waals surface area (Å²) in [4.78, 5) is 2.32. The van der Waals surface area contributed by atoms with Crippen molar-refractivity contribution in [3.63, 3.8) is 0 Å². The molecule has 86 valence electrons. The van der Waals surface area contributed by atoms with Gasteiger partial charge in [0.2, 0.25) is 0 Å². The van der Waals surface area contributed by atoms with Gasteiger partial charge in [-0.3, -0.25) is 0 Å². The van der Waals surface area contributed by atoms with Crippen molar-refractivity contribution in [3.05, 3.63) is 0 Å². The van der Waals surface area contributed by atoms with E-state index in [1.807, 2.05) is 13.8 Å². The fourth-order valence-electron chi connectivity index (χ4n) is 1.73. The summed E-state index contributed by atoms with van der Waals surface area (Å²) < 4.78 is 0. The van der Waals surface area contributed by atoms with Gasteiger partial charge in [-0.25, -0.2) is 0 Å². The van der Waals surface area contributed by atoms with Crippen molar-refractivity contribution in [1.82, 2.24) is 4.90 Å². The third-order valence-corrected chi connectivity index (χ3v) is 2.78. The molecule has 1 fully saturated rings. The molecule has 3 heteroatoms. The maximum absolute atomic E-state index is 9.58. The van der Waals surface area contributed by atoms with Crippen LogP contribution in [0.3, 0.4) is 0 Å². The fraction of sp³-hybridized carbons (Fsp3) is 1.00. The molecule has 2 N–H and O–H groups in total. The summed E-state index contributed by atoms with van der Waals surface area (Å²) in [5, 5.41) is 18.5.